The Morgan fingerprint density at radius 3 is 2.31 bits per heavy atom. The number of carbonyl (C=O) groups is 1. The maximum Gasteiger partial charge on any atom is 0.135 e. The van der Waals surface area contributed by atoms with Gasteiger partial charge in [0.25, 0.3) is 0 Å². The molecule has 78 valence electrons. The number of rotatable bonds is 2. The van der Waals surface area contributed by atoms with Crippen LogP contribution in [0.3, 0.4) is 0 Å². The molecule has 0 saturated heterocycles. The summed E-state index contributed by atoms with van der Waals surface area (Å²) in [6.07, 6.45) is 3.22. The largest absolute Gasteiger partial charge is 0.396 e. The second-order valence-electron chi connectivity index (χ2n) is 3.62. The molecular formula is C10H20O3. The van der Waals surface area contributed by atoms with Crippen LogP contribution in [0, 0.1) is 5.92 Å². The van der Waals surface area contributed by atoms with E-state index in [-0.39, 0.29) is 12.7 Å². The van der Waals surface area contributed by atoms with Crippen molar-refractivity contribution in [3.63, 3.8) is 0 Å². The van der Waals surface area contributed by atoms with Gasteiger partial charge in [-0.2, -0.15) is 0 Å². The van der Waals surface area contributed by atoms with Gasteiger partial charge in [-0.15, -0.1) is 0 Å². The van der Waals surface area contributed by atoms with Crippen LogP contribution in [0.25, 0.3) is 0 Å². The lowest BCUT2D eigenvalue weighted by molar-refractivity contribution is -0.120. The zero-order valence-corrected chi connectivity index (χ0v) is 8.49. The van der Waals surface area contributed by atoms with Crippen molar-refractivity contribution in [2.45, 2.75) is 45.6 Å². The van der Waals surface area contributed by atoms with Crippen LogP contribution >= 0.6 is 0 Å². The van der Waals surface area contributed by atoms with Crippen LogP contribution in [-0.4, -0.2) is 28.7 Å². The Hall–Kier alpha value is -0.410. The molecule has 0 amide bonds. The standard InChI is InChI=1S/C6H10O.C4H10O2/c1-5-3-2-4-6(5)7;1-4(6)2-3-5/h5H,2-4H2,1H3;4-6H,2-3H2,1H3. The molecule has 0 heterocycles. The summed E-state index contributed by atoms with van der Waals surface area (Å²) in [5, 5.41) is 16.5. The molecule has 0 aliphatic heterocycles. The summed E-state index contributed by atoms with van der Waals surface area (Å²) in [6.45, 7) is 3.74. The number of Topliss-reactive ketones (excluding diaryl/α,β-unsaturated/α-hetero) is 1. The van der Waals surface area contributed by atoms with Crippen molar-refractivity contribution < 1.29 is 15.0 Å². The molecule has 0 spiro atoms. The highest BCUT2D eigenvalue weighted by Gasteiger charge is 2.18. The van der Waals surface area contributed by atoms with Crippen molar-refractivity contribution in [2.75, 3.05) is 6.61 Å². The van der Waals surface area contributed by atoms with Crippen molar-refractivity contribution in [1.82, 2.24) is 0 Å². The number of hydrogen-bond acceptors (Lipinski definition) is 3. The topological polar surface area (TPSA) is 57.5 Å². The van der Waals surface area contributed by atoms with Gasteiger partial charge in [0.2, 0.25) is 0 Å². The molecule has 1 saturated carbocycles. The molecule has 1 aliphatic carbocycles. The molecule has 1 fully saturated rings. The molecule has 0 bridgehead atoms. The van der Waals surface area contributed by atoms with Crippen LogP contribution in [0.4, 0.5) is 0 Å². The Kier molecular flexibility index (Phi) is 6.82. The first-order valence-electron chi connectivity index (χ1n) is 4.89. The van der Waals surface area contributed by atoms with Crippen LogP contribution in [-0.2, 0) is 4.79 Å². The van der Waals surface area contributed by atoms with Crippen molar-refractivity contribution >= 4 is 5.78 Å². The molecule has 0 aromatic carbocycles. The molecule has 3 nitrogen and oxygen atoms in total. The van der Waals surface area contributed by atoms with Crippen LogP contribution in [0.15, 0.2) is 0 Å². The minimum atomic E-state index is -0.352. The lowest BCUT2D eigenvalue weighted by Crippen LogP contribution is -2.00. The number of ketones is 1. The number of aliphatic hydroxyl groups excluding tert-OH is 2. The van der Waals surface area contributed by atoms with Gasteiger partial charge in [-0.25, -0.2) is 0 Å². The van der Waals surface area contributed by atoms with Crippen molar-refractivity contribution in [2.24, 2.45) is 5.92 Å². The Balaban J connectivity index is 0.000000226. The molecule has 2 N–H and O–H groups in total. The first-order valence-corrected chi connectivity index (χ1v) is 4.89. The van der Waals surface area contributed by atoms with E-state index in [1.54, 1.807) is 6.92 Å². The van der Waals surface area contributed by atoms with Crippen LogP contribution < -0.4 is 0 Å². The van der Waals surface area contributed by atoms with Crippen molar-refractivity contribution in [3.8, 4) is 0 Å². The molecule has 1 aliphatic rings. The second kappa shape index (κ2) is 7.04. The third kappa shape index (κ3) is 6.72. The molecule has 0 aromatic rings. The lowest BCUT2D eigenvalue weighted by Gasteiger charge is -1.95. The van der Waals surface area contributed by atoms with E-state index < -0.39 is 0 Å². The van der Waals surface area contributed by atoms with E-state index in [1.165, 1.54) is 0 Å². The smallest absolute Gasteiger partial charge is 0.135 e. The average Bonchev–Trinajstić information content (AvgIpc) is 2.37. The quantitative estimate of drug-likeness (QED) is 0.683. The second-order valence-corrected chi connectivity index (χ2v) is 3.62. The van der Waals surface area contributed by atoms with E-state index in [0.29, 0.717) is 18.1 Å². The SMILES string of the molecule is CC(O)CCO.CC1CCCC1=O. The van der Waals surface area contributed by atoms with E-state index in [9.17, 15) is 4.79 Å². The summed E-state index contributed by atoms with van der Waals surface area (Å²) in [7, 11) is 0. The van der Waals surface area contributed by atoms with Gasteiger partial charge in [0.15, 0.2) is 0 Å². The van der Waals surface area contributed by atoms with Crippen molar-refractivity contribution in [1.29, 1.82) is 0 Å². The monoisotopic (exact) mass is 188 g/mol. The van der Waals surface area contributed by atoms with Crippen LogP contribution in [0.5, 0.6) is 0 Å². The third-order valence-electron chi connectivity index (χ3n) is 2.16. The van der Waals surface area contributed by atoms with Gasteiger partial charge >= 0.3 is 0 Å². The maximum atomic E-state index is 10.6. The van der Waals surface area contributed by atoms with Gasteiger partial charge in [-0.1, -0.05) is 6.92 Å². The fourth-order valence-corrected chi connectivity index (χ4v) is 1.18. The summed E-state index contributed by atoms with van der Waals surface area (Å²) >= 11 is 0. The summed E-state index contributed by atoms with van der Waals surface area (Å²) in [5.74, 6) is 0.833. The fraction of sp³-hybridized carbons (Fsp3) is 0.900. The summed E-state index contributed by atoms with van der Waals surface area (Å²) in [5.41, 5.74) is 0. The van der Waals surface area contributed by atoms with Crippen molar-refractivity contribution in [3.05, 3.63) is 0 Å². The average molecular weight is 188 g/mol. The van der Waals surface area contributed by atoms with E-state index >= 15 is 0 Å². The molecule has 13 heavy (non-hydrogen) atoms. The van der Waals surface area contributed by atoms with Gasteiger partial charge in [0.1, 0.15) is 5.78 Å². The zero-order valence-electron chi connectivity index (χ0n) is 8.49. The predicted molar refractivity (Wildman–Crippen MR) is 51.4 cm³/mol. The predicted octanol–water partition coefficient (Wildman–Crippen LogP) is 1.13. The van der Waals surface area contributed by atoms with Gasteiger partial charge in [-0.05, 0) is 26.2 Å². The first-order chi connectivity index (χ1) is 6.07. The Bertz CT molecular complexity index is 143. The van der Waals surface area contributed by atoms with E-state index in [2.05, 4.69) is 0 Å². The maximum absolute atomic E-state index is 10.6. The summed E-state index contributed by atoms with van der Waals surface area (Å²) in [6, 6.07) is 0. The molecule has 2 unspecified atom stereocenters. The molecule has 0 aromatic heterocycles. The summed E-state index contributed by atoms with van der Waals surface area (Å²) in [4.78, 5) is 10.6. The van der Waals surface area contributed by atoms with Gasteiger partial charge < -0.3 is 10.2 Å². The molecule has 2 atom stereocenters. The minimum Gasteiger partial charge on any atom is -0.396 e. The van der Waals surface area contributed by atoms with Gasteiger partial charge in [0.05, 0.1) is 6.10 Å². The van der Waals surface area contributed by atoms with E-state index in [0.717, 1.165) is 19.3 Å². The van der Waals surface area contributed by atoms with Gasteiger partial charge in [-0.3, -0.25) is 4.79 Å². The molecule has 3 heteroatoms. The van der Waals surface area contributed by atoms with E-state index in [4.69, 9.17) is 10.2 Å². The Labute approximate surface area is 79.8 Å². The number of aliphatic hydroxyl groups is 2. The minimum absolute atomic E-state index is 0.0810. The molecule has 1 rings (SSSR count). The lowest BCUT2D eigenvalue weighted by atomic mass is 10.1. The van der Waals surface area contributed by atoms with Crippen LogP contribution in [0.2, 0.25) is 0 Å². The Morgan fingerprint density at radius 2 is 2.23 bits per heavy atom. The molecular weight excluding hydrogens is 168 g/mol. The third-order valence-corrected chi connectivity index (χ3v) is 2.16. The zero-order chi connectivity index (χ0) is 10.3. The highest BCUT2D eigenvalue weighted by Crippen LogP contribution is 2.19. The summed E-state index contributed by atoms with van der Waals surface area (Å²) < 4.78 is 0. The van der Waals surface area contributed by atoms with E-state index in [1.807, 2.05) is 6.92 Å². The fourth-order valence-electron chi connectivity index (χ4n) is 1.18. The molecule has 0 radical (unpaired) electrons. The first kappa shape index (κ1) is 12.6. The van der Waals surface area contributed by atoms with Gasteiger partial charge in [0, 0.05) is 18.9 Å². The highest BCUT2D eigenvalue weighted by molar-refractivity contribution is 5.82. The van der Waals surface area contributed by atoms with Crippen LogP contribution in [0.1, 0.15) is 39.5 Å². The number of carbonyl (C=O) groups excluding carboxylic acids is 1. The number of hydrogen-bond donors (Lipinski definition) is 2. The highest BCUT2D eigenvalue weighted by atomic mass is 16.3. The Morgan fingerprint density at radius 1 is 1.62 bits per heavy atom. The normalized spacial score (nSPS) is 23.7.